The van der Waals surface area contributed by atoms with Crippen LogP contribution in [-0.4, -0.2) is 46.2 Å². The van der Waals surface area contributed by atoms with Crippen molar-refractivity contribution in [3.05, 3.63) is 27.9 Å². The molecule has 1 aliphatic rings. The fourth-order valence-corrected chi connectivity index (χ4v) is 2.39. The lowest BCUT2D eigenvalue weighted by Gasteiger charge is -2.36. The molecule has 0 saturated carbocycles. The van der Waals surface area contributed by atoms with Gasteiger partial charge in [-0.2, -0.15) is 0 Å². The lowest BCUT2D eigenvalue weighted by molar-refractivity contribution is -0.385. The molecular weight excluding hydrogens is 278 g/mol. The van der Waals surface area contributed by atoms with Gasteiger partial charge in [-0.1, -0.05) is 5.16 Å². The average molecular weight is 295 g/mol. The van der Waals surface area contributed by atoms with E-state index in [9.17, 15) is 10.1 Å². The van der Waals surface area contributed by atoms with E-state index in [0.717, 1.165) is 6.20 Å². The molecule has 0 amide bonds. The van der Waals surface area contributed by atoms with Gasteiger partial charge in [0.2, 0.25) is 0 Å². The summed E-state index contributed by atoms with van der Waals surface area (Å²) in [5.74, 6) is 0.228. The maximum absolute atomic E-state index is 10.8. The number of nitrogens with two attached hydrogens (primary N) is 1. The molecular formula is C12H17N5O4. The molecule has 3 N–H and O–H groups in total. The molecule has 2 rings (SSSR count). The molecule has 0 radical (unpaired) electrons. The first-order valence-corrected chi connectivity index (χ1v) is 6.45. The molecule has 9 nitrogen and oxygen atoms in total. The molecule has 0 aromatic carbocycles. The van der Waals surface area contributed by atoms with E-state index in [0.29, 0.717) is 18.9 Å². The van der Waals surface area contributed by atoms with Crippen molar-refractivity contribution in [3.63, 3.8) is 0 Å². The van der Waals surface area contributed by atoms with Crippen LogP contribution in [0.4, 0.5) is 11.5 Å². The highest BCUT2D eigenvalue weighted by Gasteiger charge is 2.27. The van der Waals surface area contributed by atoms with E-state index in [1.165, 1.54) is 6.07 Å². The monoisotopic (exact) mass is 295 g/mol. The number of anilines is 1. The van der Waals surface area contributed by atoms with Gasteiger partial charge in [0.05, 0.1) is 22.7 Å². The second-order valence-corrected chi connectivity index (χ2v) is 4.97. The number of amidine groups is 1. The van der Waals surface area contributed by atoms with Crippen molar-refractivity contribution in [3.8, 4) is 0 Å². The van der Waals surface area contributed by atoms with Gasteiger partial charge in [0.25, 0.3) is 5.69 Å². The lowest BCUT2D eigenvalue weighted by atomic mass is 10.1. The SMILES string of the molecule is CC1CN(c2ncc([N+](=O)[O-])cc2C(N)=NO)CC(C)O1. The minimum absolute atomic E-state index is 0.00844. The van der Waals surface area contributed by atoms with Gasteiger partial charge < -0.3 is 20.6 Å². The minimum atomic E-state index is -0.574. The van der Waals surface area contributed by atoms with Gasteiger partial charge >= 0.3 is 0 Å². The van der Waals surface area contributed by atoms with Crippen LogP contribution in [0.1, 0.15) is 19.4 Å². The van der Waals surface area contributed by atoms with E-state index < -0.39 is 4.92 Å². The summed E-state index contributed by atoms with van der Waals surface area (Å²) in [5, 5.41) is 22.6. The molecule has 1 aromatic heterocycles. The Bertz CT molecular complexity index is 567. The average Bonchev–Trinajstić information content (AvgIpc) is 2.44. The smallest absolute Gasteiger partial charge is 0.288 e. The number of oxime groups is 1. The Labute approximate surface area is 121 Å². The predicted molar refractivity (Wildman–Crippen MR) is 75.6 cm³/mol. The molecule has 9 heteroatoms. The number of rotatable bonds is 3. The summed E-state index contributed by atoms with van der Waals surface area (Å²) in [6.45, 7) is 5.00. The number of nitro groups is 1. The van der Waals surface area contributed by atoms with Crippen molar-refractivity contribution >= 4 is 17.3 Å². The molecule has 21 heavy (non-hydrogen) atoms. The van der Waals surface area contributed by atoms with Crippen LogP contribution in [0.25, 0.3) is 0 Å². The summed E-state index contributed by atoms with van der Waals surface area (Å²) in [6, 6.07) is 1.25. The number of nitrogens with zero attached hydrogens (tertiary/aromatic N) is 4. The van der Waals surface area contributed by atoms with Crippen LogP contribution in [-0.2, 0) is 4.74 Å². The quantitative estimate of drug-likeness (QED) is 0.276. The van der Waals surface area contributed by atoms with Crippen LogP contribution in [0.3, 0.4) is 0 Å². The minimum Gasteiger partial charge on any atom is -0.409 e. The van der Waals surface area contributed by atoms with Crippen molar-refractivity contribution in [2.75, 3.05) is 18.0 Å². The Morgan fingerprint density at radius 1 is 1.57 bits per heavy atom. The van der Waals surface area contributed by atoms with E-state index >= 15 is 0 Å². The van der Waals surface area contributed by atoms with Crippen LogP contribution in [0.15, 0.2) is 17.4 Å². The third-order valence-electron chi connectivity index (χ3n) is 3.17. The van der Waals surface area contributed by atoms with E-state index in [4.69, 9.17) is 15.7 Å². The van der Waals surface area contributed by atoms with Crippen molar-refractivity contribution in [2.45, 2.75) is 26.1 Å². The largest absolute Gasteiger partial charge is 0.409 e. The first kappa shape index (κ1) is 15.0. The molecule has 114 valence electrons. The highest BCUT2D eigenvalue weighted by molar-refractivity contribution is 6.02. The molecule has 1 aromatic rings. The summed E-state index contributed by atoms with van der Waals surface area (Å²) < 4.78 is 5.64. The highest BCUT2D eigenvalue weighted by Crippen LogP contribution is 2.25. The van der Waals surface area contributed by atoms with Gasteiger partial charge in [0.15, 0.2) is 5.84 Å². The van der Waals surface area contributed by atoms with Crippen LogP contribution in [0.5, 0.6) is 0 Å². The fourth-order valence-electron chi connectivity index (χ4n) is 2.39. The van der Waals surface area contributed by atoms with Crippen LogP contribution < -0.4 is 10.6 Å². The summed E-state index contributed by atoms with van der Waals surface area (Å²) in [6.07, 6.45) is 1.14. The zero-order chi connectivity index (χ0) is 15.6. The van der Waals surface area contributed by atoms with Crippen molar-refractivity contribution in [1.82, 2.24) is 4.98 Å². The third-order valence-corrected chi connectivity index (χ3v) is 3.17. The Kier molecular flexibility index (Phi) is 4.22. The Morgan fingerprint density at radius 3 is 2.71 bits per heavy atom. The van der Waals surface area contributed by atoms with Crippen LogP contribution >= 0.6 is 0 Å². The van der Waals surface area contributed by atoms with Crippen LogP contribution in [0, 0.1) is 10.1 Å². The fraction of sp³-hybridized carbons (Fsp3) is 0.500. The third kappa shape index (κ3) is 3.19. The van der Waals surface area contributed by atoms with E-state index in [2.05, 4.69) is 10.1 Å². The first-order valence-electron chi connectivity index (χ1n) is 6.45. The summed E-state index contributed by atoms with van der Waals surface area (Å²) in [5.41, 5.74) is 5.64. The zero-order valence-corrected chi connectivity index (χ0v) is 11.8. The van der Waals surface area contributed by atoms with Gasteiger partial charge in [-0.3, -0.25) is 10.1 Å². The molecule has 1 aliphatic heterocycles. The van der Waals surface area contributed by atoms with E-state index in [1.54, 1.807) is 0 Å². The maximum atomic E-state index is 10.8. The molecule has 2 atom stereocenters. The Balaban J connectivity index is 2.44. The predicted octanol–water partition coefficient (Wildman–Crippen LogP) is 0.698. The first-order chi connectivity index (χ1) is 9.92. The standard InChI is InChI=1S/C12H17N5O4/c1-7-5-16(6-8(2)21-7)12-10(11(13)15-18)3-9(4-14-12)17(19)20/h3-4,7-8,18H,5-6H2,1-2H3,(H2,13,15). The molecule has 0 spiro atoms. The topological polar surface area (TPSA) is 127 Å². The van der Waals surface area contributed by atoms with E-state index in [-0.39, 0.29) is 29.3 Å². The van der Waals surface area contributed by atoms with Gasteiger partial charge in [-0.25, -0.2) is 4.98 Å². The highest BCUT2D eigenvalue weighted by atomic mass is 16.6. The molecule has 0 bridgehead atoms. The van der Waals surface area contributed by atoms with E-state index in [1.807, 2.05) is 18.7 Å². The zero-order valence-electron chi connectivity index (χ0n) is 11.8. The van der Waals surface area contributed by atoms with Gasteiger partial charge in [0, 0.05) is 19.2 Å². The second kappa shape index (κ2) is 5.92. The summed E-state index contributed by atoms with van der Waals surface area (Å²) in [4.78, 5) is 16.3. The van der Waals surface area contributed by atoms with Gasteiger partial charge in [-0.05, 0) is 13.8 Å². The molecule has 1 fully saturated rings. The van der Waals surface area contributed by atoms with Gasteiger partial charge in [0.1, 0.15) is 12.0 Å². The summed E-state index contributed by atoms with van der Waals surface area (Å²) in [7, 11) is 0. The molecule has 2 unspecified atom stereocenters. The summed E-state index contributed by atoms with van der Waals surface area (Å²) >= 11 is 0. The Hall–Kier alpha value is -2.42. The molecule has 1 saturated heterocycles. The number of morpholine rings is 1. The normalized spacial score (nSPS) is 23.1. The number of pyridine rings is 1. The number of ether oxygens (including phenoxy) is 1. The lowest BCUT2D eigenvalue weighted by Crippen LogP contribution is -2.46. The number of hydrogen-bond acceptors (Lipinski definition) is 7. The maximum Gasteiger partial charge on any atom is 0.288 e. The van der Waals surface area contributed by atoms with Crippen molar-refractivity contribution < 1.29 is 14.9 Å². The van der Waals surface area contributed by atoms with Crippen molar-refractivity contribution in [1.29, 1.82) is 0 Å². The molecule has 0 aliphatic carbocycles. The Morgan fingerprint density at radius 2 is 2.19 bits per heavy atom. The van der Waals surface area contributed by atoms with Crippen LogP contribution in [0.2, 0.25) is 0 Å². The number of hydrogen-bond donors (Lipinski definition) is 2. The van der Waals surface area contributed by atoms with Crippen molar-refractivity contribution in [2.24, 2.45) is 10.9 Å². The van der Waals surface area contributed by atoms with Gasteiger partial charge in [-0.15, -0.1) is 0 Å². The number of aromatic nitrogens is 1. The second-order valence-electron chi connectivity index (χ2n) is 4.97. The molecule has 2 heterocycles.